The van der Waals surface area contributed by atoms with E-state index in [0.717, 1.165) is 21.6 Å². The third-order valence-corrected chi connectivity index (χ3v) is 8.91. The van der Waals surface area contributed by atoms with Crippen LogP contribution in [0.2, 0.25) is 0 Å². The van der Waals surface area contributed by atoms with Crippen molar-refractivity contribution >= 4 is 30.4 Å². The highest BCUT2D eigenvalue weighted by Gasteiger charge is 2.44. The first-order valence-electron chi connectivity index (χ1n) is 16.0. The van der Waals surface area contributed by atoms with Crippen molar-refractivity contribution in [2.24, 2.45) is 5.73 Å². The maximum atomic E-state index is 14.9. The minimum Gasteiger partial charge on any atom is -0.508 e. The standard InChI is InChI=1S/C40H39N3O5S/c41-34(25-29-21-23-33(44)24-22-29)37(45)43(36(39(47)48)26-28-13-5-1-6-14-28)38(46)35(27-49)42-40(30-15-7-2-8-16-30,31-17-9-3-10-18-31)32-19-11-4-12-20-32/h1-24,34-36,42,44,49H,25-27,41H2,(H,47,48). The van der Waals surface area contributed by atoms with Gasteiger partial charge in [-0.05, 0) is 46.4 Å². The van der Waals surface area contributed by atoms with Gasteiger partial charge in [0.1, 0.15) is 11.8 Å². The van der Waals surface area contributed by atoms with Crippen LogP contribution in [-0.2, 0) is 32.8 Å². The smallest absolute Gasteiger partial charge is 0.327 e. The Morgan fingerprint density at radius 3 is 1.51 bits per heavy atom. The van der Waals surface area contributed by atoms with Gasteiger partial charge in [0.15, 0.2) is 0 Å². The number of amides is 2. The molecular formula is C40H39N3O5S. The summed E-state index contributed by atoms with van der Waals surface area (Å²) in [6.07, 6.45) is -0.110. The van der Waals surface area contributed by atoms with Crippen LogP contribution >= 0.6 is 12.6 Å². The van der Waals surface area contributed by atoms with Gasteiger partial charge in [-0.2, -0.15) is 12.6 Å². The number of carbonyl (C=O) groups is 3. The molecule has 0 aromatic heterocycles. The van der Waals surface area contributed by atoms with Gasteiger partial charge in [-0.25, -0.2) is 4.79 Å². The zero-order valence-corrected chi connectivity index (χ0v) is 27.7. The molecule has 0 saturated carbocycles. The first kappa shape index (κ1) is 35.1. The highest BCUT2D eigenvalue weighted by Crippen LogP contribution is 2.37. The number of hydrogen-bond acceptors (Lipinski definition) is 7. The molecule has 3 atom stereocenters. The summed E-state index contributed by atoms with van der Waals surface area (Å²) in [5.74, 6) is -2.96. The summed E-state index contributed by atoms with van der Waals surface area (Å²) in [7, 11) is 0. The lowest BCUT2D eigenvalue weighted by molar-refractivity contribution is -0.159. The van der Waals surface area contributed by atoms with Crippen molar-refractivity contribution in [3.05, 3.63) is 173 Å². The summed E-state index contributed by atoms with van der Waals surface area (Å²) in [5.41, 5.74) is 9.11. The molecule has 0 radical (unpaired) electrons. The van der Waals surface area contributed by atoms with Gasteiger partial charge in [0.2, 0.25) is 11.8 Å². The second-order valence-corrected chi connectivity index (χ2v) is 12.2. The Kier molecular flexibility index (Phi) is 11.6. The number of rotatable bonds is 14. The molecule has 0 spiro atoms. The summed E-state index contributed by atoms with van der Waals surface area (Å²) in [6, 6.07) is 40.0. The summed E-state index contributed by atoms with van der Waals surface area (Å²) < 4.78 is 0. The molecule has 9 heteroatoms. The van der Waals surface area contributed by atoms with E-state index in [1.807, 2.05) is 91.0 Å². The predicted octanol–water partition coefficient (Wildman–Crippen LogP) is 5.19. The van der Waals surface area contributed by atoms with Crippen LogP contribution in [0, 0.1) is 0 Å². The molecule has 0 fully saturated rings. The van der Waals surface area contributed by atoms with Gasteiger partial charge in [0.25, 0.3) is 0 Å². The molecule has 0 saturated heterocycles. The Hall–Kier alpha value is -5.22. The van der Waals surface area contributed by atoms with Crippen LogP contribution in [0.3, 0.4) is 0 Å². The van der Waals surface area contributed by atoms with Gasteiger partial charge in [-0.1, -0.05) is 133 Å². The van der Waals surface area contributed by atoms with Gasteiger partial charge in [-0.3, -0.25) is 19.8 Å². The number of aliphatic carboxylic acids is 1. The average Bonchev–Trinajstić information content (AvgIpc) is 3.14. The Morgan fingerprint density at radius 1 is 0.653 bits per heavy atom. The molecule has 5 aromatic carbocycles. The number of aromatic hydroxyl groups is 1. The minimum atomic E-state index is -1.56. The maximum Gasteiger partial charge on any atom is 0.327 e. The number of thiol groups is 1. The summed E-state index contributed by atoms with van der Waals surface area (Å²) in [6.45, 7) is 0. The lowest BCUT2D eigenvalue weighted by atomic mass is 9.76. The van der Waals surface area contributed by atoms with Gasteiger partial charge in [0.05, 0.1) is 17.6 Å². The van der Waals surface area contributed by atoms with Crippen LogP contribution in [0.5, 0.6) is 5.75 Å². The zero-order chi connectivity index (χ0) is 34.8. The van der Waals surface area contributed by atoms with E-state index < -0.39 is 41.4 Å². The Labute approximate surface area is 291 Å². The first-order valence-corrected chi connectivity index (χ1v) is 16.6. The minimum absolute atomic E-state index is 0.0154. The Balaban J connectivity index is 1.62. The van der Waals surface area contributed by atoms with E-state index in [-0.39, 0.29) is 24.3 Å². The molecule has 0 aliphatic carbocycles. The number of phenolic OH excluding ortho intramolecular Hbond substituents is 1. The Bertz CT molecular complexity index is 1730. The molecule has 5 aromatic rings. The van der Waals surface area contributed by atoms with Crippen LogP contribution in [-0.4, -0.2) is 56.8 Å². The molecule has 0 aliphatic heterocycles. The zero-order valence-electron chi connectivity index (χ0n) is 26.8. The maximum absolute atomic E-state index is 14.9. The number of imide groups is 1. The molecule has 3 unspecified atom stereocenters. The lowest BCUT2D eigenvalue weighted by Gasteiger charge is -2.41. The molecule has 5 N–H and O–H groups in total. The van der Waals surface area contributed by atoms with E-state index in [1.165, 1.54) is 12.1 Å². The lowest BCUT2D eigenvalue weighted by Crippen LogP contribution is -2.63. The molecule has 0 heterocycles. The van der Waals surface area contributed by atoms with Crippen molar-refractivity contribution in [3.63, 3.8) is 0 Å². The number of hydrogen-bond donors (Lipinski definition) is 5. The summed E-state index contributed by atoms with van der Waals surface area (Å²) >= 11 is 4.60. The number of carboxylic acids is 1. The number of nitrogens with one attached hydrogen (secondary N) is 1. The molecule has 5 rings (SSSR count). The number of nitrogens with two attached hydrogens (primary N) is 1. The number of carbonyl (C=O) groups excluding carboxylic acids is 2. The predicted molar refractivity (Wildman–Crippen MR) is 193 cm³/mol. The fourth-order valence-corrected chi connectivity index (χ4v) is 6.37. The fraction of sp³-hybridized carbons (Fsp3) is 0.175. The normalized spacial score (nSPS) is 13.2. The van der Waals surface area contributed by atoms with Crippen LogP contribution in [0.15, 0.2) is 146 Å². The molecule has 250 valence electrons. The van der Waals surface area contributed by atoms with Crippen LogP contribution < -0.4 is 11.1 Å². The summed E-state index contributed by atoms with van der Waals surface area (Å²) in [4.78, 5) is 43.0. The van der Waals surface area contributed by atoms with E-state index >= 15 is 0 Å². The van der Waals surface area contributed by atoms with Crippen molar-refractivity contribution in [2.45, 2.75) is 36.5 Å². The number of carboxylic acid groups (broad SMARTS) is 1. The summed E-state index contributed by atoms with van der Waals surface area (Å²) in [5, 5.41) is 23.9. The van der Waals surface area contributed by atoms with Crippen molar-refractivity contribution in [1.82, 2.24) is 10.2 Å². The van der Waals surface area contributed by atoms with E-state index in [0.29, 0.717) is 11.1 Å². The number of phenols is 1. The van der Waals surface area contributed by atoms with E-state index in [4.69, 9.17) is 5.73 Å². The second kappa shape index (κ2) is 16.3. The number of nitrogens with zero attached hydrogens (tertiary/aromatic N) is 1. The van der Waals surface area contributed by atoms with Crippen LogP contribution in [0.25, 0.3) is 0 Å². The molecule has 8 nitrogen and oxygen atoms in total. The number of benzene rings is 5. The molecule has 49 heavy (non-hydrogen) atoms. The second-order valence-electron chi connectivity index (χ2n) is 11.8. The van der Waals surface area contributed by atoms with Crippen molar-refractivity contribution in [3.8, 4) is 5.75 Å². The van der Waals surface area contributed by atoms with Crippen molar-refractivity contribution < 1.29 is 24.6 Å². The highest BCUT2D eigenvalue weighted by molar-refractivity contribution is 7.80. The van der Waals surface area contributed by atoms with Gasteiger partial charge < -0.3 is 15.9 Å². The largest absolute Gasteiger partial charge is 0.508 e. The molecule has 2 amide bonds. The topological polar surface area (TPSA) is 133 Å². The fourth-order valence-electron chi connectivity index (χ4n) is 6.12. The third-order valence-electron chi connectivity index (χ3n) is 8.54. The van der Waals surface area contributed by atoms with Crippen molar-refractivity contribution in [2.75, 3.05) is 5.75 Å². The first-order chi connectivity index (χ1) is 23.7. The van der Waals surface area contributed by atoms with E-state index in [2.05, 4.69) is 17.9 Å². The van der Waals surface area contributed by atoms with Crippen molar-refractivity contribution in [1.29, 1.82) is 0 Å². The molecule has 0 bridgehead atoms. The monoisotopic (exact) mass is 673 g/mol. The quantitative estimate of drug-likeness (QED) is 0.0810. The van der Waals surface area contributed by atoms with Crippen LogP contribution in [0.1, 0.15) is 27.8 Å². The van der Waals surface area contributed by atoms with Gasteiger partial charge in [-0.15, -0.1) is 0 Å². The molecular weight excluding hydrogens is 635 g/mol. The van der Waals surface area contributed by atoms with E-state index in [9.17, 15) is 24.6 Å². The average molecular weight is 674 g/mol. The van der Waals surface area contributed by atoms with E-state index in [1.54, 1.807) is 42.5 Å². The van der Waals surface area contributed by atoms with Gasteiger partial charge in [0, 0.05) is 12.2 Å². The third kappa shape index (κ3) is 8.09. The Morgan fingerprint density at radius 2 is 1.08 bits per heavy atom. The highest BCUT2D eigenvalue weighted by atomic mass is 32.1. The van der Waals surface area contributed by atoms with Gasteiger partial charge >= 0.3 is 5.97 Å². The van der Waals surface area contributed by atoms with Crippen LogP contribution in [0.4, 0.5) is 0 Å². The molecule has 0 aliphatic rings. The SMILES string of the molecule is NC(Cc1ccc(O)cc1)C(=O)N(C(=O)C(CS)NC(c1ccccc1)(c1ccccc1)c1ccccc1)C(Cc1ccccc1)C(=O)O.